The van der Waals surface area contributed by atoms with E-state index in [-0.39, 0.29) is 0 Å². The van der Waals surface area contributed by atoms with Gasteiger partial charge in [-0.25, -0.2) is 0 Å². The van der Waals surface area contributed by atoms with Gasteiger partial charge in [0.25, 0.3) is 0 Å². The maximum absolute atomic E-state index is 5.84. The predicted octanol–water partition coefficient (Wildman–Crippen LogP) is 3.32. The van der Waals surface area contributed by atoms with Crippen LogP contribution in [0.25, 0.3) is 0 Å². The molecule has 0 amide bonds. The molecule has 1 aromatic carbocycles. The molecule has 1 aliphatic carbocycles. The van der Waals surface area contributed by atoms with Crippen molar-refractivity contribution < 1.29 is 9.47 Å². The first-order chi connectivity index (χ1) is 7.88. The summed E-state index contributed by atoms with van der Waals surface area (Å²) in [7, 11) is 1.78. The molecule has 1 saturated carbocycles. The summed E-state index contributed by atoms with van der Waals surface area (Å²) in [5, 5.41) is 0. The highest BCUT2D eigenvalue weighted by molar-refractivity contribution is 5.13. The quantitative estimate of drug-likeness (QED) is 0.773. The minimum atomic E-state index is 0.361. The van der Waals surface area contributed by atoms with Crippen molar-refractivity contribution in [3.8, 4) is 0 Å². The SMILES string of the molecule is COC1CCC[C](OCc2ccccc2)C1. The van der Waals surface area contributed by atoms with Crippen LogP contribution in [0.3, 0.4) is 0 Å². The van der Waals surface area contributed by atoms with Gasteiger partial charge in [-0.15, -0.1) is 0 Å². The van der Waals surface area contributed by atoms with Crippen molar-refractivity contribution in [1.82, 2.24) is 0 Å². The molecule has 1 radical (unpaired) electrons. The lowest BCUT2D eigenvalue weighted by Crippen LogP contribution is -2.21. The maximum atomic E-state index is 5.84. The lowest BCUT2D eigenvalue weighted by Gasteiger charge is -2.27. The average molecular weight is 219 g/mol. The molecule has 16 heavy (non-hydrogen) atoms. The van der Waals surface area contributed by atoms with E-state index in [1.165, 1.54) is 18.1 Å². The fourth-order valence-corrected chi connectivity index (χ4v) is 2.08. The average Bonchev–Trinajstić information content (AvgIpc) is 2.38. The number of hydrogen-bond donors (Lipinski definition) is 0. The fraction of sp³-hybridized carbons (Fsp3) is 0.500. The van der Waals surface area contributed by atoms with Crippen LogP contribution < -0.4 is 0 Å². The molecule has 1 atom stereocenters. The first-order valence-electron chi connectivity index (χ1n) is 5.92. The summed E-state index contributed by atoms with van der Waals surface area (Å²) in [6, 6.07) is 10.3. The van der Waals surface area contributed by atoms with E-state index < -0.39 is 0 Å². The van der Waals surface area contributed by atoms with Gasteiger partial charge < -0.3 is 9.47 Å². The number of rotatable bonds is 4. The molecule has 2 nitrogen and oxygen atoms in total. The van der Waals surface area contributed by atoms with Crippen LogP contribution in [-0.4, -0.2) is 13.2 Å². The van der Waals surface area contributed by atoms with Crippen LogP contribution in [0.15, 0.2) is 30.3 Å². The Labute approximate surface area is 97.6 Å². The van der Waals surface area contributed by atoms with E-state index in [0.717, 1.165) is 19.3 Å². The van der Waals surface area contributed by atoms with Crippen LogP contribution >= 0.6 is 0 Å². The van der Waals surface area contributed by atoms with Crippen LogP contribution in [-0.2, 0) is 16.1 Å². The molecule has 2 heteroatoms. The minimum absolute atomic E-state index is 0.361. The molecule has 0 N–H and O–H groups in total. The van der Waals surface area contributed by atoms with Gasteiger partial charge in [-0.3, -0.25) is 0 Å². The summed E-state index contributed by atoms with van der Waals surface area (Å²) in [6.07, 6.45) is 5.95. The second-order valence-corrected chi connectivity index (χ2v) is 4.27. The van der Waals surface area contributed by atoms with Crippen LogP contribution in [0, 0.1) is 6.10 Å². The van der Waals surface area contributed by atoms with Gasteiger partial charge in [0.1, 0.15) is 6.10 Å². The Hall–Kier alpha value is -0.860. The zero-order chi connectivity index (χ0) is 11.2. The first-order valence-corrected chi connectivity index (χ1v) is 5.92. The lowest BCUT2D eigenvalue weighted by atomic mass is 9.95. The minimum Gasteiger partial charge on any atom is -0.381 e. The molecule has 87 valence electrons. The molecule has 0 spiro atoms. The molecule has 1 fully saturated rings. The molecular formula is C14H19O2. The Kier molecular flexibility index (Phi) is 4.37. The Morgan fingerprint density at radius 2 is 2.06 bits per heavy atom. The van der Waals surface area contributed by atoms with Crippen molar-refractivity contribution in [1.29, 1.82) is 0 Å². The number of benzene rings is 1. The molecule has 0 heterocycles. The molecule has 2 rings (SSSR count). The van der Waals surface area contributed by atoms with E-state index in [1.807, 2.05) is 18.2 Å². The van der Waals surface area contributed by atoms with E-state index in [1.54, 1.807) is 7.11 Å². The van der Waals surface area contributed by atoms with Crippen molar-refractivity contribution in [2.24, 2.45) is 0 Å². The Morgan fingerprint density at radius 1 is 1.25 bits per heavy atom. The van der Waals surface area contributed by atoms with Gasteiger partial charge in [0.05, 0.1) is 12.7 Å². The number of hydrogen-bond acceptors (Lipinski definition) is 2. The maximum Gasteiger partial charge on any atom is 0.100 e. The smallest absolute Gasteiger partial charge is 0.100 e. The zero-order valence-corrected chi connectivity index (χ0v) is 9.82. The normalized spacial score (nSPS) is 22.2. The molecule has 1 aliphatic rings. The van der Waals surface area contributed by atoms with Gasteiger partial charge in [-0.1, -0.05) is 30.3 Å². The highest BCUT2D eigenvalue weighted by Crippen LogP contribution is 2.29. The summed E-state index contributed by atoms with van der Waals surface area (Å²) in [5.74, 6) is 0. The zero-order valence-electron chi connectivity index (χ0n) is 9.82. The summed E-state index contributed by atoms with van der Waals surface area (Å²) in [4.78, 5) is 0. The van der Waals surface area contributed by atoms with Crippen molar-refractivity contribution in [3.05, 3.63) is 42.0 Å². The van der Waals surface area contributed by atoms with Crippen LogP contribution in [0.4, 0.5) is 0 Å². The van der Waals surface area contributed by atoms with E-state index in [2.05, 4.69) is 12.1 Å². The predicted molar refractivity (Wildman–Crippen MR) is 63.7 cm³/mol. The van der Waals surface area contributed by atoms with Crippen molar-refractivity contribution >= 4 is 0 Å². The lowest BCUT2D eigenvalue weighted by molar-refractivity contribution is 0.0202. The standard InChI is InChI=1S/C14H19O2/c1-15-13-8-5-9-14(10-13)16-11-12-6-3-2-4-7-12/h2-4,6-7,13H,5,8-11H2,1H3. The van der Waals surface area contributed by atoms with Gasteiger partial charge in [-0.05, 0) is 24.8 Å². The third-order valence-electron chi connectivity index (χ3n) is 3.06. The third-order valence-corrected chi connectivity index (χ3v) is 3.06. The van der Waals surface area contributed by atoms with E-state index in [0.29, 0.717) is 12.7 Å². The highest BCUT2D eigenvalue weighted by Gasteiger charge is 2.22. The van der Waals surface area contributed by atoms with Gasteiger partial charge in [0.2, 0.25) is 0 Å². The Morgan fingerprint density at radius 3 is 2.81 bits per heavy atom. The summed E-state index contributed by atoms with van der Waals surface area (Å²) in [5.41, 5.74) is 1.23. The first kappa shape index (κ1) is 11.6. The van der Waals surface area contributed by atoms with Crippen molar-refractivity contribution in [2.75, 3.05) is 7.11 Å². The topological polar surface area (TPSA) is 18.5 Å². The third kappa shape index (κ3) is 3.32. The van der Waals surface area contributed by atoms with Crippen molar-refractivity contribution in [3.63, 3.8) is 0 Å². The molecule has 0 aromatic heterocycles. The van der Waals surface area contributed by atoms with Gasteiger partial charge in [-0.2, -0.15) is 0 Å². The van der Waals surface area contributed by atoms with Crippen molar-refractivity contribution in [2.45, 2.75) is 38.4 Å². The highest BCUT2D eigenvalue weighted by atomic mass is 16.5. The monoisotopic (exact) mass is 219 g/mol. The second-order valence-electron chi connectivity index (χ2n) is 4.27. The van der Waals surface area contributed by atoms with Gasteiger partial charge in [0, 0.05) is 13.5 Å². The summed E-state index contributed by atoms with van der Waals surface area (Å²) >= 11 is 0. The Balaban J connectivity index is 1.77. The fourth-order valence-electron chi connectivity index (χ4n) is 2.08. The summed E-state index contributed by atoms with van der Waals surface area (Å²) < 4.78 is 11.2. The van der Waals surface area contributed by atoms with E-state index >= 15 is 0 Å². The molecule has 1 aromatic rings. The van der Waals surface area contributed by atoms with Crippen LogP contribution in [0.2, 0.25) is 0 Å². The summed E-state index contributed by atoms with van der Waals surface area (Å²) in [6.45, 7) is 0.687. The molecule has 1 unspecified atom stereocenters. The second kappa shape index (κ2) is 6.02. The molecular weight excluding hydrogens is 200 g/mol. The number of methoxy groups -OCH3 is 1. The van der Waals surface area contributed by atoms with Crippen LogP contribution in [0.5, 0.6) is 0 Å². The van der Waals surface area contributed by atoms with Gasteiger partial charge in [0.15, 0.2) is 0 Å². The largest absolute Gasteiger partial charge is 0.381 e. The van der Waals surface area contributed by atoms with Crippen LogP contribution in [0.1, 0.15) is 31.2 Å². The van der Waals surface area contributed by atoms with E-state index in [9.17, 15) is 0 Å². The Bertz CT molecular complexity index is 297. The molecule has 0 saturated heterocycles. The molecule has 0 bridgehead atoms. The van der Waals surface area contributed by atoms with Gasteiger partial charge >= 0.3 is 0 Å². The van der Waals surface area contributed by atoms with E-state index in [4.69, 9.17) is 9.47 Å². The number of ether oxygens (including phenoxy) is 2. The molecule has 0 aliphatic heterocycles.